The van der Waals surface area contributed by atoms with E-state index in [1.807, 2.05) is 23.1 Å². The highest BCUT2D eigenvalue weighted by atomic mass is 16.7. The molecule has 0 atom stereocenters. The summed E-state index contributed by atoms with van der Waals surface area (Å²) in [6, 6.07) is 6.36. The van der Waals surface area contributed by atoms with E-state index in [4.69, 9.17) is 9.47 Å². The highest BCUT2D eigenvalue weighted by molar-refractivity contribution is 5.77. The minimum absolute atomic E-state index is 0.0269. The number of amides is 1. The van der Waals surface area contributed by atoms with E-state index in [1.165, 1.54) is 0 Å². The molecule has 1 amide bonds. The third-order valence-corrected chi connectivity index (χ3v) is 3.78. The number of nitrogens with zero attached hydrogens (tertiary/aromatic N) is 1. The summed E-state index contributed by atoms with van der Waals surface area (Å²) < 4.78 is 10.7. The molecule has 0 aromatic heterocycles. The van der Waals surface area contributed by atoms with E-state index in [2.05, 4.69) is 20.8 Å². The lowest BCUT2D eigenvalue weighted by Crippen LogP contribution is -2.34. The topological polar surface area (TPSA) is 38.8 Å². The van der Waals surface area contributed by atoms with E-state index in [-0.39, 0.29) is 18.1 Å². The Balaban J connectivity index is 1.72. The maximum absolute atomic E-state index is 12.5. The molecule has 0 saturated heterocycles. The summed E-state index contributed by atoms with van der Waals surface area (Å²) >= 11 is 0. The minimum Gasteiger partial charge on any atom is -0.454 e. The smallest absolute Gasteiger partial charge is 0.231 e. The molecule has 4 nitrogen and oxygen atoms in total. The van der Waals surface area contributed by atoms with Crippen LogP contribution in [0.25, 0.3) is 0 Å². The van der Waals surface area contributed by atoms with Crippen LogP contribution in [-0.2, 0) is 11.3 Å². The van der Waals surface area contributed by atoms with Gasteiger partial charge in [0.15, 0.2) is 11.5 Å². The summed E-state index contributed by atoms with van der Waals surface area (Å²) in [5, 5.41) is 0. The van der Waals surface area contributed by atoms with E-state index in [9.17, 15) is 4.79 Å². The van der Waals surface area contributed by atoms with Gasteiger partial charge in [0.2, 0.25) is 12.7 Å². The molecule has 1 fully saturated rings. The van der Waals surface area contributed by atoms with Crippen LogP contribution in [-0.4, -0.2) is 23.6 Å². The molecule has 2 aliphatic rings. The summed E-state index contributed by atoms with van der Waals surface area (Å²) in [4.78, 5) is 14.6. The Kier molecular flexibility index (Phi) is 3.56. The van der Waals surface area contributed by atoms with E-state index in [0.29, 0.717) is 19.0 Å². The van der Waals surface area contributed by atoms with Crippen molar-refractivity contribution < 1.29 is 14.3 Å². The van der Waals surface area contributed by atoms with Crippen LogP contribution in [0.5, 0.6) is 11.5 Å². The standard InChI is InChI=1S/C17H23NO3/c1-17(2,3)9-16(19)18(13-5-6-13)10-12-4-7-14-15(8-12)21-11-20-14/h4,7-8,13H,5-6,9-11H2,1-3H3. The molecule has 114 valence electrons. The molecule has 4 heteroatoms. The second-order valence-corrected chi connectivity index (χ2v) is 7.18. The van der Waals surface area contributed by atoms with Gasteiger partial charge >= 0.3 is 0 Å². The molecule has 21 heavy (non-hydrogen) atoms. The van der Waals surface area contributed by atoms with Gasteiger partial charge in [0.1, 0.15) is 0 Å². The van der Waals surface area contributed by atoms with Crippen molar-refractivity contribution in [3.05, 3.63) is 23.8 Å². The molecule has 0 radical (unpaired) electrons. The first-order chi connectivity index (χ1) is 9.92. The van der Waals surface area contributed by atoms with Gasteiger partial charge in [0.05, 0.1) is 0 Å². The Morgan fingerprint density at radius 3 is 2.62 bits per heavy atom. The normalized spacial score (nSPS) is 16.9. The molecule has 0 spiro atoms. The van der Waals surface area contributed by atoms with Gasteiger partial charge in [-0.2, -0.15) is 0 Å². The Bertz CT molecular complexity index is 543. The molecule has 0 bridgehead atoms. The highest BCUT2D eigenvalue weighted by Gasteiger charge is 2.34. The van der Waals surface area contributed by atoms with Gasteiger partial charge in [-0.25, -0.2) is 0 Å². The molecule has 0 unspecified atom stereocenters. The number of carbonyl (C=O) groups excluding carboxylic acids is 1. The monoisotopic (exact) mass is 289 g/mol. The van der Waals surface area contributed by atoms with Crippen molar-refractivity contribution in [1.29, 1.82) is 0 Å². The molecule has 1 aliphatic carbocycles. The lowest BCUT2D eigenvalue weighted by Gasteiger charge is -2.27. The van der Waals surface area contributed by atoms with Crippen LogP contribution in [0.3, 0.4) is 0 Å². The Hall–Kier alpha value is -1.71. The third-order valence-electron chi connectivity index (χ3n) is 3.78. The Morgan fingerprint density at radius 1 is 1.24 bits per heavy atom. The largest absolute Gasteiger partial charge is 0.454 e. The second kappa shape index (κ2) is 5.24. The van der Waals surface area contributed by atoms with Crippen LogP contribution in [0.4, 0.5) is 0 Å². The van der Waals surface area contributed by atoms with Gasteiger partial charge < -0.3 is 14.4 Å². The maximum Gasteiger partial charge on any atom is 0.231 e. The van der Waals surface area contributed by atoms with Crippen LogP contribution in [0.15, 0.2) is 18.2 Å². The van der Waals surface area contributed by atoms with Crippen molar-refractivity contribution in [1.82, 2.24) is 4.90 Å². The summed E-state index contributed by atoms with van der Waals surface area (Å²) in [6.45, 7) is 7.27. The van der Waals surface area contributed by atoms with Crippen molar-refractivity contribution in [2.75, 3.05) is 6.79 Å². The number of hydrogen-bond acceptors (Lipinski definition) is 3. The van der Waals surface area contributed by atoms with Crippen LogP contribution >= 0.6 is 0 Å². The van der Waals surface area contributed by atoms with Crippen molar-refractivity contribution in [3.63, 3.8) is 0 Å². The quantitative estimate of drug-likeness (QED) is 0.853. The Labute approximate surface area is 126 Å². The van der Waals surface area contributed by atoms with E-state index >= 15 is 0 Å². The maximum atomic E-state index is 12.5. The molecular formula is C17H23NO3. The molecule has 1 aliphatic heterocycles. The first-order valence-electron chi connectivity index (χ1n) is 7.60. The summed E-state index contributed by atoms with van der Waals surface area (Å²) in [5.74, 6) is 1.83. The van der Waals surface area contributed by atoms with Gasteiger partial charge in [-0.05, 0) is 36.0 Å². The van der Waals surface area contributed by atoms with E-state index < -0.39 is 0 Å². The number of benzene rings is 1. The number of carbonyl (C=O) groups is 1. The first-order valence-corrected chi connectivity index (χ1v) is 7.60. The number of hydrogen-bond donors (Lipinski definition) is 0. The van der Waals surface area contributed by atoms with Crippen LogP contribution < -0.4 is 9.47 Å². The van der Waals surface area contributed by atoms with Crippen molar-refractivity contribution in [2.24, 2.45) is 5.41 Å². The zero-order chi connectivity index (χ0) is 15.0. The SMILES string of the molecule is CC(C)(C)CC(=O)N(Cc1ccc2c(c1)OCO2)C1CC1. The molecule has 1 aromatic carbocycles. The molecule has 1 aromatic rings. The Morgan fingerprint density at radius 2 is 1.95 bits per heavy atom. The molecule has 1 heterocycles. The number of rotatable bonds is 4. The molecular weight excluding hydrogens is 266 g/mol. The fourth-order valence-electron chi connectivity index (χ4n) is 2.60. The van der Waals surface area contributed by atoms with Gasteiger partial charge in [-0.15, -0.1) is 0 Å². The predicted molar refractivity (Wildman–Crippen MR) is 80.2 cm³/mol. The second-order valence-electron chi connectivity index (χ2n) is 7.18. The summed E-state index contributed by atoms with van der Waals surface area (Å²) in [7, 11) is 0. The minimum atomic E-state index is 0.0269. The van der Waals surface area contributed by atoms with Crippen molar-refractivity contribution in [2.45, 2.75) is 52.6 Å². The zero-order valence-electron chi connectivity index (χ0n) is 13.0. The van der Waals surface area contributed by atoms with Gasteiger partial charge in [-0.1, -0.05) is 26.8 Å². The first kappa shape index (κ1) is 14.2. The van der Waals surface area contributed by atoms with Crippen LogP contribution in [0.1, 0.15) is 45.6 Å². The van der Waals surface area contributed by atoms with Gasteiger partial charge in [0, 0.05) is 19.0 Å². The lowest BCUT2D eigenvalue weighted by atomic mass is 9.91. The highest BCUT2D eigenvalue weighted by Crippen LogP contribution is 2.35. The van der Waals surface area contributed by atoms with E-state index in [1.54, 1.807) is 0 Å². The van der Waals surface area contributed by atoms with Crippen molar-refractivity contribution in [3.8, 4) is 11.5 Å². The lowest BCUT2D eigenvalue weighted by molar-refractivity contribution is -0.134. The van der Waals surface area contributed by atoms with Gasteiger partial charge in [-0.3, -0.25) is 4.79 Å². The van der Waals surface area contributed by atoms with Crippen LogP contribution in [0.2, 0.25) is 0 Å². The van der Waals surface area contributed by atoms with Crippen molar-refractivity contribution >= 4 is 5.91 Å². The number of ether oxygens (including phenoxy) is 2. The molecule has 1 saturated carbocycles. The van der Waals surface area contributed by atoms with Crippen LogP contribution in [0, 0.1) is 5.41 Å². The fraction of sp³-hybridized carbons (Fsp3) is 0.588. The average molecular weight is 289 g/mol. The summed E-state index contributed by atoms with van der Waals surface area (Å²) in [6.07, 6.45) is 2.84. The third kappa shape index (κ3) is 3.49. The fourth-order valence-corrected chi connectivity index (χ4v) is 2.60. The number of fused-ring (bicyclic) bond motifs is 1. The van der Waals surface area contributed by atoms with Gasteiger partial charge in [0.25, 0.3) is 0 Å². The van der Waals surface area contributed by atoms with E-state index in [0.717, 1.165) is 29.9 Å². The summed E-state index contributed by atoms with van der Waals surface area (Å²) in [5.41, 5.74) is 1.13. The zero-order valence-corrected chi connectivity index (χ0v) is 13.0. The average Bonchev–Trinajstić information content (AvgIpc) is 3.11. The molecule has 0 N–H and O–H groups in total. The predicted octanol–water partition coefficient (Wildman–Crippen LogP) is 3.34. The molecule has 3 rings (SSSR count).